The number of carbonyl (C=O) groups is 1. The van der Waals surface area contributed by atoms with E-state index in [0.29, 0.717) is 23.7 Å². The Morgan fingerprint density at radius 3 is 2.79 bits per heavy atom. The smallest absolute Gasteiger partial charge is 0.251 e. The first-order chi connectivity index (χ1) is 16.4. The molecule has 1 aromatic carbocycles. The van der Waals surface area contributed by atoms with E-state index < -0.39 is 17.4 Å². The molecule has 2 aromatic rings. The number of amides is 1. The number of carbonyl (C=O) groups excluding carboxylic acids is 1. The van der Waals surface area contributed by atoms with Gasteiger partial charge >= 0.3 is 0 Å². The number of likely N-dealkylation sites (tertiary alicyclic amines) is 1. The predicted molar refractivity (Wildman–Crippen MR) is 139 cm³/mol. The number of rotatable bonds is 11. The van der Waals surface area contributed by atoms with E-state index in [0.717, 1.165) is 25.1 Å². The van der Waals surface area contributed by atoms with Crippen LogP contribution in [0.15, 0.2) is 70.7 Å². The highest BCUT2D eigenvalue weighted by Crippen LogP contribution is 2.31. The first-order valence-electron chi connectivity index (χ1n) is 11.3. The van der Waals surface area contributed by atoms with Crippen LogP contribution < -0.4 is 11.1 Å². The molecular formula is C25H34N4O3S2. The van der Waals surface area contributed by atoms with Crippen LogP contribution in [0.4, 0.5) is 0 Å². The molecule has 0 spiro atoms. The molecule has 1 amide bonds. The molecule has 3 atom stereocenters. The Morgan fingerprint density at radius 2 is 2.18 bits per heavy atom. The first-order valence-corrected chi connectivity index (χ1v) is 13.8. The Morgan fingerprint density at radius 1 is 1.41 bits per heavy atom. The SMILES string of the molecule is CN(C(=C/C(=C\CN)C(=O)N[C@H](CO)Cc1ccsc1)N1CCC(c2ccccc2)C1)[S+](C)[O-]. The quantitative estimate of drug-likeness (QED) is 0.247. The summed E-state index contributed by atoms with van der Waals surface area (Å²) in [7, 11) is 1.77. The number of thiophene rings is 1. The maximum absolute atomic E-state index is 13.2. The van der Waals surface area contributed by atoms with E-state index in [4.69, 9.17) is 5.73 Å². The third kappa shape index (κ3) is 7.10. The van der Waals surface area contributed by atoms with Crippen LogP contribution in [-0.2, 0) is 22.6 Å². The van der Waals surface area contributed by atoms with Crippen LogP contribution in [0.3, 0.4) is 0 Å². The number of hydrogen-bond donors (Lipinski definition) is 3. The van der Waals surface area contributed by atoms with Gasteiger partial charge in [-0.2, -0.15) is 15.6 Å². The van der Waals surface area contributed by atoms with Crippen LogP contribution in [-0.4, -0.2) is 70.4 Å². The molecule has 1 saturated heterocycles. The van der Waals surface area contributed by atoms with Crippen molar-refractivity contribution < 1.29 is 14.5 Å². The van der Waals surface area contributed by atoms with Crippen LogP contribution in [0.5, 0.6) is 0 Å². The van der Waals surface area contributed by atoms with Crippen molar-refractivity contribution in [3.8, 4) is 0 Å². The van der Waals surface area contributed by atoms with Gasteiger partial charge in [-0.25, -0.2) is 0 Å². The number of aliphatic hydroxyl groups is 1. The molecule has 0 radical (unpaired) electrons. The molecule has 3 rings (SSSR count). The molecule has 0 aliphatic carbocycles. The van der Waals surface area contributed by atoms with E-state index in [1.165, 1.54) is 5.56 Å². The molecule has 34 heavy (non-hydrogen) atoms. The summed E-state index contributed by atoms with van der Waals surface area (Å²) in [6.45, 7) is 1.58. The Kier molecular flexibility index (Phi) is 10.0. The second kappa shape index (κ2) is 13.0. The van der Waals surface area contributed by atoms with Gasteiger partial charge < -0.3 is 25.6 Å². The van der Waals surface area contributed by atoms with Crippen molar-refractivity contribution >= 4 is 28.6 Å². The van der Waals surface area contributed by atoms with E-state index in [1.807, 2.05) is 35.0 Å². The third-order valence-electron chi connectivity index (χ3n) is 5.99. The summed E-state index contributed by atoms with van der Waals surface area (Å²) in [5.74, 6) is 0.766. The number of aliphatic hydroxyl groups excluding tert-OH is 1. The zero-order valence-corrected chi connectivity index (χ0v) is 21.4. The number of hydrogen-bond acceptors (Lipinski definition) is 7. The fraction of sp³-hybridized carbons (Fsp3) is 0.400. The fourth-order valence-electron chi connectivity index (χ4n) is 4.09. The van der Waals surface area contributed by atoms with Crippen LogP contribution in [0.25, 0.3) is 0 Å². The lowest BCUT2D eigenvalue weighted by molar-refractivity contribution is -0.118. The Hall–Kier alpha value is -2.30. The zero-order valence-electron chi connectivity index (χ0n) is 19.7. The number of nitrogens with two attached hydrogens (primary N) is 1. The highest BCUT2D eigenvalue weighted by molar-refractivity contribution is 7.88. The van der Waals surface area contributed by atoms with Gasteiger partial charge in [0, 0.05) is 31.1 Å². The molecule has 2 unspecified atom stereocenters. The highest BCUT2D eigenvalue weighted by Gasteiger charge is 2.30. The molecule has 1 aliphatic heterocycles. The summed E-state index contributed by atoms with van der Waals surface area (Å²) in [4.78, 5) is 15.3. The van der Waals surface area contributed by atoms with Gasteiger partial charge in [0.05, 0.1) is 31.1 Å². The van der Waals surface area contributed by atoms with E-state index >= 15 is 0 Å². The average Bonchev–Trinajstić information content (AvgIpc) is 3.54. The van der Waals surface area contributed by atoms with E-state index in [2.05, 4.69) is 22.3 Å². The van der Waals surface area contributed by atoms with Crippen LogP contribution >= 0.6 is 11.3 Å². The van der Waals surface area contributed by atoms with Crippen LogP contribution in [0.1, 0.15) is 23.5 Å². The summed E-state index contributed by atoms with van der Waals surface area (Å²) in [6.07, 6.45) is 6.55. The van der Waals surface area contributed by atoms with Gasteiger partial charge in [0.25, 0.3) is 5.91 Å². The first kappa shape index (κ1) is 26.3. The largest absolute Gasteiger partial charge is 0.593 e. The lowest BCUT2D eigenvalue weighted by Gasteiger charge is -2.30. The van der Waals surface area contributed by atoms with Crippen LogP contribution in [0, 0.1) is 0 Å². The van der Waals surface area contributed by atoms with Gasteiger partial charge in [0.15, 0.2) is 5.82 Å². The minimum Gasteiger partial charge on any atom is -0.593 e. The van der Waals surface area contributed by atoms with E-state index in [1.54, 1.807) is 41.1 Å². The van der Waals surface area contributed by atoms with Gasteiger partial charge in [-0.05, 0) is 46.9 Å². The summed E-state index contributed by atoms with van der Waals surface area (Å²) >= 11 is 0.315. The van der Waals surface area contributed by atoms with Gasteiger partial charge in [-0.3, -0.25) is 4.79 Å². The lowest BCUT2D eigenvalue weighted by Crippen LogP contribution is -2.40. The van der Waals surface area contributed by atoms with E-state index in [9.17, 15) is 14.5 Å². The molecule has 9 heteroatoms. The van der Waals surface area contributed by atoms with Gasteiger partial charge in [-0.15, -0.1) is 0 Å². The molecule has 1 aromatic heterocycles. The van der Waals surface area contributed by atoms with Crippen molar-refractivity contribution in [1.82, 2.24) is 14.5 Å². The van der Waals surface area contributed by atoms with Crippen molar-refractivity contribution in [2.45, 2.75) is 24.8 Å². The topological polar surface area (TPSA) is 105 Å². The average molecular weight is 503 g/mol. The summed E-state index contributed by atoms with van der Waals surface area (Å²) < 4.78 is 14.1. The van der Waals surface area contributed by atoms with Crippen molar-refractivity contribution in [3.63, 3.8) is 0 Å². The third-order valence-corrected chi connectivity index (χ3v) is 7.68. The molecule has 1 fully saturated rings. The summed E-state index contributed by atoms with van der Waals surface area (Å²) in [5, 5.41) is 16.7. The number of nitrogens with one attached hydrogen (secondary N) is 1. The van der Waals surface area contributed by atoms with Crippen LogP contribution in [0.2, 0.25) is 0 Å². The molecule has 0 saturated carbocycles. The second-order valence-corrected chi connectivity index (χ2v) is 10.5. The van der Waals surface area contributed by atoms with Gasteiger partial charge in [-0.1, -0.05) is 36.4 Å². The molecule has 4 N–H and O–H groups in total. The van der Waals surface area contributed by atoms with Crippen molar-refractivity contribution in [3.05, 3.63) is 81.8 Å². The maximum Gasteiger partial charge on any atom is 0.251 e. The van der Waals surface area contributed by atoms with Crippen molar-refractivity contribution in [2.75, 3.05) is 39.5 Å². The summed E-state index contributed by atoms with van der Waals surface area (Å²) in [6, 6.07) is 11.9. The standard InChI is InChI=1S/C25H34N4O3S2/c1-28(34(2)32)24(29-12-9-22(16-29)20-6-4-3-5-7-20)15-21(8-11-26)25(31)27-23(17-30)14-19-10-13-33-18-19/h3-8,10,13,15,18,22-23,30H,9,11-12,14,16-17,26H2,1-2H3,(H,27,31)/b21-8+,24-15?/t22?,23-,34?/m0/s1. The minimum absolute atomic E-state index is 0.169. The Bertz CT molecular complexity index is 964. The summed E-state index contributed by atoms with van der Waals surface area (Å²) in [5.41, 5.74) is 8.51. The molecule has 1 aliphatic rings. The van der Waals surface area contributed by atoms with Crippen molar-refractivity contribution in [2.24, 2.45) is 5.73 Å². The molecule has 0 bridgehead atoms. The molecule has 184 valence electrons. The monoisotopic (exact) mass is 502 g/mol. The number of benzene rings is 1. The Balaban J connectivity index is 1.80. The van der Waals surface area contributed by atoms with Crippen molar-refractivity contribution in [1.29, 1.82) is 0 Å². The predicted octanol–water partition coefficient (Wildman–Crippen LogP) is 2.21. The number of nitrogens with zero attached hydrogens (tertiary/aromatic N) is 2. The molecule has 2 heterocycles. The van der Waals surface area contributed by atoms with Gasteiger partial charge in [0.1, 0.15) is 6.26 Å². The molecular weight excluding hydrogens is 468 g/mol. The maximum atomic E-state index is 13.2. The zero-order chi connectivity index (χ0) is 24.5. The second-order valence-electron chi connectivity index (χ2n) is 8.35. The minimum atomic E-state index is -1.27. The van der Waals surface area contributed by atoms with Gasteiger partial charge in [0.2, 0.25) is 0 Å². The highest BCUT2D eigenvalue weighted by atomic mass is 32.2. The van der Waals surface area contributed by atoms with E-state index in [-0.39, 0.29) is 19.1 Å². The normalized spacial score (nSPS) is 18.6. The lowest BCUT2D eigenvalue weighted by atomic mass is 9.99. The molecule has 7 nitrogen and oxygen atoms in total. The Labute approximate surface area is 209 Å². The fourth-order valence-corrected chi connectivity index (χ4v) is 5.20.